The summed E-state index contributed by atoms with van der Waals surface area (Å²) in [6, 6.07) is 10.0. The smallest absolute Gasteiger partial charge is 0.123 e. The SMILES string of the molecule is COc1ccc(OC)c(CN[C@@H](C)c2cccnc2)c1. The van der Waals surface area contributed by atoms with Gasteiger partial charge in [-0.05, 0) is 36.8 Å². The van der Waals surface area contributed by atoms with E-state index in [2.05, 4.69) is 23.3 Å². The topological polar surface area (TPSA) is 43.4 Å². The second-order valence-electron chi connectivity index (χ2n) is 4.57. The van der Waals surface area contributed by atoms with Crippen LogP contribution in [0.5, 0.6) is 11.5 Å². The molecule has 0 saturated heterocycles. The van der Waals surface area contributed by atoms with Crippen LogP contribution in [0.25, 0.3) is 0 Å². The van der Waals surface area contributed by atoms with Crippen LogP contribution in [-0.2, 0) is 6.54 Å². The number of nitrogens with zero attached hydrogens (tertiary/aromatic N) is 1. The van der Waals surface area contributed by atoms with Crippen molar-refractivity contribution in [3.8, 4) is 11.5 Å². The molecule has 1 aromatic heterocycles. The standard InChI is InChI=1S/C16H20N2O2/c1-12(13-5-4-8-17-10-13)18-11-14-9-15(19-2)6-7-16(14)20-3/h4-10,12,18H,11H2,1-3H3/t12-/m0/s1. The van der Waals surface area contributed by atoms with Gasteiger partial charge in [-0.3, -0.25) is 4.98 Å². The zero-order valence-electron chi connectivity index (χ0n) is 12.1. The van der Waals surface area contributed by atoms with Gasteiger partial charge in [0.15, 0.2) is 0 Å². The molecule has 0 bridgehead atoms. The summed E-state index contributed by atoms with van der Waals surface area (Å²) in [5.74, 6) is 1.69. The highest BCUT2D eigenvalue weighted by molar-refractivity contribution is 5.40. The lowest BCUT2D eigenvalue weighted by Crippen LogP contribution is -2.18. The summed E-state index contributed by atoms with van der Waals surface area (Å²) in [4.78, 5) is 4.14. The Labute approximate surface area is 119 Å². The summed E-state index contributed by atoms with van der Waals surface area (Å²) in [6.07, 6.45) is 3.65. The predicted molar refractivity (Wildman–Crippen MR) is 79.0 cm³/mol. The molecule has 1 aromatic carbocycles. The highest BCUT2D eigenvalue weighted by atomic mass is 16.5. The first-order valence-electron chi connectivity index (χ1n) is 6.59. The van der Waals surface area contributed by atoms with Crippen LogP contribution < -0.4 is 14.8 Å². The van der Waals surface area contributed by atoms with Crippen molar-refractivity contribution in [1.82, 2.24) is 10.3 Å². The summed E-state index contributed by atoms with van der Waals surface area (Å²) in [7, 11) is 3.34. The van der Waals surface area contributed by atoms with Gasteiger partial charge in [0.2, 0.25) is 0 Å². The van der Waals surface area contributed by atoms with E-state index >= 15 is 0 Å². The number of methoxy groups -OCH3 is 2. The van der Waals surface area contributed by atoms with Crippen LogP contribution >= 0.6 is 0 Å². The van der Waals surface area contributed by atoms with Gasteiger partial charge < -0.3 is 14.8 Å². The van der Waals surface area contributed by atoms with Crippen LogP contribution in [0.1, 0.15) is 24.1 Å². The molecule has 0 amide bonds. The molecule has 0 saturated carbocycles. The van der Waals surface area contributed by atoms with E-state index in [1.807, 2.05) is 30.5 Å². The van der Waals surface area contributed by atoms with E-state index in [4.69, 9.17) is 9.47 Å². The monoisotopic (exact) mass is 272 g/mol. The minimum absolute atomic E-state index is 0.222. The lowest BCUT2D eigenvalue weighted by molar-refractivity contribution is 0.395. The Kier molecular flexibility index (Phi) is 4.96. The van der Waals surface area contributed by atoms with Gasteiger partial charge in [-0.2, -0.15) is 0 Å². The first-order valence-corrected chi connectivity index (χ1v) is 6.59. The van der Waals surface area contributed by atoms with Crippen molar-refractivity contribution in [2.75, 3.05) is 14.2 Å². The predicted octanol–water partition coefficient (Wildman–Crippen LogP) is 2.95. The molecule has 0 aliphatic rings. The van der Waals surface area contributed by atoms with Crippen molar-refractivity contribution >= 4 is 0 Å². The number of aromatic nitrogens is 1. The van der Waals surface area contributed by atoms with Crippen LogP contribution in [0.4, 0.5) is 0 Å². The molecular formula is C16H20N2O2. The molecule has 0 radical (unpaired) electrons. The molecule has 0 fully saturated rings. The Morgan fingerprint density at radius 1 is 1.20 bits per heavy atom. The number of nitrogens with one attached hydrogen (secondary N) is 1. The van der Waals surface area contributed by atoms with E-state index in [-0.39, 0.29) is 6.04 Å². The van der Waals surface area contributed by atoms with E-state index in [9.17, 15) is 0 Å². The minimum Gasteiger partial charge on any atom is -0.497 e. The maximum atomic E-state index is 5.37. The number of benzene rings is 1. The third kappa shape index (κ3) is 3.48. The highest BCUT2D eigenvalue weighted by Gasteiger charge is 2.08. The van der Waals surface area contributed by atoms with Crippen molar-refractivity contribution in [2.24, 2.45) is 0 Å². The van der Waals surface area contributed by atoms with Gasteiger partial charge in [0, 0.05) is 30.5 Å². The van der Waals surface area contributed by atoms with E-state index in [1.165, 1.54) is 0 Å². The lowest BCUT2D eigenvalue weighted by Gasteiger charge is -2.16. The summed E-state index contributed by atoms with van der Waals surface area (Å²) >= 11 is 0. The first-order chi connectivity index (χ1) is 9.74. The number of rotatable bonds is 6. The molecule has 0 spiro atoms. The van der Waals surface area contributed by atoms with Gasteiger partial charge in [0.05, 0.1) is 14.2 Å². The average molecular weight is 272 g/mol. The molecule has 4 nitrogen and oxygen atoms in total. The number of hydrogen-bond acceptors (Lipinski definition) is 4. The van der Waals surface area contributed by atoms with E-state index in [1.54, 1.807) is 20.4 Å². The van der Waals surface area contributed by atoms with Crippen LogP contribution in [0.3, 0.4) is 0 Å². The largest absolute Gasteiger partial charge is 0.497 e. The van der Waals surface area contributed by atoms with Crippen molar-refractivity contribution in [1.29, 1.82) is 0 Å². The Morgan fingerprint density at radius 3 is 2.70 bits per heavy atom. The Hall–Kier alpha value is -2.07. The summed E-state index contributed by atoms with van der Waals surface area (Å²) in [6.45, 7) is 2.82. The molecule has 20 heavy (non-hydrogen) atoms. The van der Waals surface area contributed by atoms with Gasteiger partial charge >= 0.3 is 0 Å². The van der Waals surface area contributed by atoms with Gasteiger partial charge in [0.1, 0.15) is 11.5 Å². The van der Waals surface area contributed by atoms with Crippen molar-refractivity contribution in [2.45, 2.75) is 19.5 Å². The highest BCUT2D eigenvalue weighted by Crippen LogP contribution is 2.24. The van der Waals surface area contributed by atoms with Gasteiger partial charge in [-0.1, -0.05) is 6.07 Å². The summed E-state index contributed by atoms with van der Waals surface area (Å²) in [5.41, 5.74) is 2.23. The first kappa shape index (κ1) is 14.3. The Morgan fingerprint density at radius 2 is 2.05 bits per heavy atom. The maximum absolute atomic E-state index is 5.37. The molecule has 1 N–H and O–H groups in total. The molecule has 0 unspecified atom stereocenters. The van der Waals surface area contributed by atoms with Crippen LogP contribution in [0.15, 0.2) is 42.7 Å². The van der Waals surface area contributed by atoms with Crippen molar-refractivity contribution < 1.29 is 9.47 Å². The molecule has 1 heterocycles. The van der Waals surface area contributed by atoms with E-state index in [0.29, 0.717) is 6.54 Å². The van der Waals surface area contributed by atoms with Crippen LogP contribution in [0.2, 0.25) is 0 Å². The van der Waals surface area contributed by atoms with E-state index in [0.717, 1.165) is 22.6 Å². The maximum Gasteiger partial charge on any atom is 0.123 e. The molecule has 4 heteroatoms. The second kappa shape index (κ2) is 6.91. The molecule has 106 valence electrons. The quantitative estimate of drug-likeness (QED) is 0.878. The van der Waals surface area contributed by atoms with Gasteiger partial charge in [-0.25, -0.2) is 0 Å². The fraction of sp³-hybridized carbons (Fsp3) is 0.312. The normalized spacial score (nSPS) is 11.9. The van der Waals surface area contributed by atoms with Crippen LogP contribution in [0, 0.1) is 0 Å². The number of ether oxygens (including phenoxy) is 2. The number of hydrogen-bond donors (Lipinski definition) is 1. The summed E-state index contributed by atoms with van der Waals surface area (Å²) in [5, 5.41) is 3.47. The van der Waals surface area contributed by atoms with Crippen LogP contribution in [-0.4, -0.2) is 19.2 Å². The average Bonchev–Trinajstić information content (AvgIpc) is 2.53. The third-order valence-electron chi connectivity index (χ3n) is 3.27. The van der Waals surface area contributed by atoms with Crippen molar-refractivity contribution in [3.63, 3.8) is 0 Å². The Balaban J connectivity index is 2.06. The third-order valence-corrected chi connectivity index (χ3v) is 3.27. The Bertz CT molecular complexity index is 543. The number of pyridine rings is 1. The molecule has 0 aliphatic heterocycles. The second-order valence-corrected chi connectivity index (χ2v) is 4.57. The zero-order valence-corrected chi connectivity index (χ0v) is 12.1. The zero-order chi connectivity index (χ0) is 14.4. The van der Waals surface area contributed by atoms with E-state index < -0.39 is 0 Å². The molecule has 2 aromatic rings. The molecule has 0 aliphatic carbocycles. The fourth-order valence-corrected chi connectivity index (χ4v) is 2.03. The summed E-state index contributed by atoms with van der Waals surface area (Å²) < 4.78 is 10.6. The molecular weight excluding hydrogens is 252 g/mol. The van der Waals surface area contributed by atoms with Gasteiger partial charge in [-0.15, -0.1) is 0 Å². The molecule has 1 atom stereocenters. The lowest BCUT2D eigenvalue weighted by atomic mass is 10.1. The molecule has 2 rings (SSSR count). The van der Waals surface area contributed by atoms with Crippen molar-refractivity contribution in [3.05, 3.63) is 53.9 Å². The minimum atomic E-state index is 0.222. The van der Waals surface area contributed by atoms with Gasteiger partial charge in [0.25, 0.3) is 0 Å². The fourth-order valence-electron chi connectivity index (χ4n) is 2.03.